The van der Waals surface area contributed by atoms with Crippen LogP contribution >= 0.6 is 0 Å². The van der Waals surface area contributed by atoms with Crippen LogP contribution in [0.25, 0.3) is 0 Å². The molecule has 0 spiro atoms. The molecule has 1 N–H and O–H groups in total. The van der Waals surface area contributed by atoms with E-state index in [1.807, 2.05) is 0 Å². The molecule has 6 nitrogen and oxygen atoms in total. The molecule has 9 heteroatoms. The van der Waals surface area contributed by atoms with E-state index >= 15 is 0 Å². The molecule has 2 aliphatic rings. The van der Waals surface area contributed by atoms with Gasteiger partial charge in [-0.1, -0.05) is 0 Å². The number of ketones is 1. The third-order valence-electron chi connectivity index (χ3n) is 4.69. The minimum atomic E-state index is -4.68. The molecular weight excluding hydrogens is 367 g/mol. The molecule has 1 fully saturated rings. The molecule has 2 unspecified atom stereocenters. The first kappa shape index (κ1) is 19.5. The number of aliphatic hydroxyl groups is 1. The highest BCUT2D eigenvalue weighted by atomic mass is 19.4. The Labute approximate surface area is 153 Å². The third kappa shape index (κ3) is 4.36. The molecule has 2 atom stereocenters. The second kappa shape index (κ2) is 7.77. The predicted octanol–water partition coefficient (Wildman–Crippen LogP) is 2.65. The summed E-state index contributed by atoms with van der Waals surface area (Å²) in [4.78, 5) is 27.9. The number of allylic oxidation sites excluding steroid dienone is 2. The van der Waals surface area contributed by atoms with E-state index in [2.05, 4.69) is 4.98 Å². The van der Waals surface area contributed by atoms with Gasteiger partial charge in [0.2, 0.25) is 0 Å². The number of halogens is 3. The molecular formula is C18H18F3NO5. The van der Waals surface area contributed by atoms with Gasteiger partial charge in [0.05, 0.1) is 31.1 Å². The smallest absolute Gasteiger partial charge is 0.427 e. The maximum atomic E-state index is 12.9. The van der Waals surface area contributed by atoms with Gasteiger partial charge in [-0.15, -0.1) is 0 Å². The summed E-state index contributed by atoms with van der Waals surface area (Å²) in [5.41, 5.74) is -1.57. The summed E-state index contributed by atoms with van der Waals surface area (Å²) in [6.45, 7) is -0.829. The van der Waals surface area contributed by atoms with Gasteiger partial charge in [-0.3, -0.25) is 4.79 Å². The number of carbonyl (C=O) groups excluding carboxylic acids is 2. The Balaban J connectivity index is 1.83. The van der Waals surface area contributed by atoms with Gasteiger partial charge in [-0.05, 0) is 31.4 Å². The Bertz CT molecular complexity index is 775. The minimum Gasteiger partial charge on any atom is -0.427 e. The molecule has 146 valence electrons. The van der Waals surface area contributed by atoms with E-state index in [9.17, 15) is 22.8 Å². The summed E-state index contributed by atoms with van der Waals surface area (Å²) >= 11 is 0. The number of ether oxygens (including phenoxy) is 2. The summed E-state index contributed by atoms with van der Waals surface area (Å²) in [5.74, 6) is -0.798. The Hall–Kier alpha value is -2.26. The van der Waals surface area contributed by atoms with Gasteiger partial charge < -0.3 is 14.6 Å². The van der Waals surface area contributed by atoms with Crippen LogP contribution in [0, 0.1) is 11.8 Å². The summed E-state index contributed by atoms with van der Waals surface area (Å²) in [5, 5.41) is 8.75. The van der Waals surface area contributed by atoms with Crippen LogP contribution in [-0.2, 0) is 27.1 Å². The van der Waals surface area contributed by atoms with Gasteiger partial charge >= 0.3 is 12.1 Å². The van der Waals surface area contributed by atoms with Gasteiger partial charge in [-0.2, -0.15) is 13.2 Å². The molecule has 0 amide bonds. The van der Waals surface area contributed by atoms with Crippen molar-refractivity contribution in [2.75, 3.05) is 13.2 Å². The summed E-state index contributed by atoms with van der Waals surface area (Å²) in [6.07, 6.45) is -1.28. The number of fused-ring (bicyclic) bond motifs is 2. The number of aliphatic hydroxyl groups excluding tert-OH is 1. The minimum absolute atomic E-state index is 0.0341. The lowest BCUT2D eigenvalue weighted by Crippen LogP contribution is -2.21. The quantitative estimate of drug-likeness (QED) is 0.599. The molecule has 0 aliphatic heterocycles. The zero-order valence-corrected chi connectivity index (χ0v) is 14.3. The molecule has 0 aromatic carbocycles. The third-order valence-corrected chi connectivity index (χ3v) is 4.69. The van der Waals surface area contributed by atoms with Gasteiger partial charge in [0.1, 0.15) is 11.5 Å². The van der Waals surface area contributed by atoms with Crippen molar-refractivity contribution in [3.05, 3.63) is 40.9 Å². The van der Waals surface area contributed by atoms with E-state index in [1.54, 1.807) is 0 Å². The number of nitrogens with zero attached hydrogens (tertiary/aromatic N) is 1. The highest BCUT2D eigenvalue weighted by Gasteiger charge is 2.38. The van der Waals surface area contributed by atoms with Crippen molar-refractivity contribution < 1.29 is 37.3 Å². The van der Waals surface area contributed by atoms with Crippen molar-refractivity contribution in [3.63, 3.8) is 0 Å². The number of alkyl halides is 3. The fourth-order valence-corrected chi connectivity index (χ4v) is 3.34. The maximum absolute atomic E-state index is 12.9. The number of pyridine rings is 1. The number of hydrogen-bond donors (Lipinski definition) is 1. The average molecular weight is 385 g/mol. The van der Waals surface area contributed by atoms with Gasteiger partial charge in [0.15, 0.2) is 5.78 Å². The van der Waals surface area contributed by atoms with E-state index in [1.165, 1.54) is 6.08 Å². The zero-order chi connectivity index (χ0) is 19.6. The topological polar surface area (TPSA) is 85.7 Å². The highest BCUT2D eigenvalue weighted by molar-refractivity contribution is 5.95. The number of esters is 1. The van der Waals surface area contributed by atoms with Gasteiger partial charge in [-0.25, -0.2) is 9.78 Å². The largest absolute Gasteiger partial charge is 0.433 e. The van der Waals surface area contributed by atoms with Gasteiger partial charge in [0.25, 0.3) is 0 Å². The van der Waals surface area contributed by atoms with E-state index in [-0.39, 0.29) is 47.8 Å². The molecule has 0 saturated heterocycles. The lowest BCUT2D eigenvalue weighted by atomic mass is 9.93. The molecule has 3 rings (SSSR count). The second-order valence-corrected chi connectivity index (χ2v) is 6.51. The Morgan fingerprint density at radius 3 is 2.70 bits per heavy atom. The number of aromatic nitrogens is 1. The van der Waals surface area contributed by atoms with Crippen LogP contribution in [-0.4, -0.2) is 35.1 Å². The molecule has 1 saturated carbocycles. The SMILES string of the molecule is O=C(OC1=CC(=O)C2CCC1C2)c1ccc(C(F)(F)F)nc1COCCO. The summed E-state index contributed by atoms with van der Waals surface area (Å²) in [6, 6.07) is 1.68. The van der Waals surface area contributed by atoms with Crippen molar-refractivity contribution in [2.45, 2.75) is 32.0 Å². The Morgan fingerprint density at radius 2 is 2.00 bits per heavy atom. The van der Waals surface area contributed by atoms with Crippen molar-refractivity contribution in [2.24, 2.45) is 11.8 Å². The van der Waals surface area contributed by atoms with Crippen LogP contribution in [0.5, 0.6) is 0 Å². The molecule has 1 aromatic heterocycles. The van der Waals surface area contributed by atoms with Crippen LogP contribution in [0.15, 0.2) is 24.0 Å². The van der Waals surface area contributed by atoms with Crippen molar-refractivity contribution >= 4 is 11.8 Å². The standard InChI is InChI=1S/C18H18F3NO5/c19-18(20,21)16-4-3-12(13(22-16)9-26-6-5-23)17(25)27-15-8-14(24)10-1-2-11(15)7-10/h3-4,8,10-11,23H,1-2,5-7,9H2. The first-order valence-electron chi connectivity index (χ1n) is 8.53. The first-order chi connectivity index (χ1) is 12.8. The predicted molar refractivity (Wildman–Crippen MR) is 85.3 cm³/mol. The van der Waals surface area contributed by atoms with E-state index in [4.69, 9.17) is 14.6 Å². The lowest BCUT2D eigenvalue weighted by molar-refractivity contribution is -0.141. The van der Waals surface area contributed by atoms with Crippen LogP contribution in [0.2, 0.25) is 0 Å². The highest BCUT2D eigenvalue weighted by Crippen LogP contribution is 2.41. The van der Waals surface area contributed by atoms with Crippen LogP contribution < -0.4 is 0 Å². The van der Waals surface area contributed by atoms with Crippen molar-refractivity contribution in [1.29, 1.82) is 0 Å². The lowest BCUT2D eigenvalue weighted by Gasteiger charge is -2.20. The van der Waals surface area contributed by atoms with E-state index < -0.39 is 24.4 Å². The number of hydrogen-bond acceptors (Lipinski definition) is 6. The van der Waals surface area contributed by atoms with Crippen molar-refractivity contribution in [3.8, 4) is 0 Å². The normalized spacial score (nSPS) is 21.9. The molecule has 2 aliphatic carbocycles. The fraction of sp³-hybridized carbons (Fsp3) is 0.500. The maximum Gasteiger partial charge on any atom is 0.433 e. The zero-order valence-electron chi connectivity index (χ0n) is 14.3. The summed E-state index contributed by atoms with van der Waals surface area (Å²) in [7, 11) is 0. The summed E-state index contributed by atoms with van der Waals surface area (Å²) < 4.78 is 49.1. The van der Waals surface area contributed by atoms with E-state index in [0.29, 0.717) is 12.5 Å². The van der Waals surface area contributed by atoms with Crippen molar-refractivity contribution in [1.82, 2.24) is 4.98 Å². The van der Waals surface area contributed by atoms with Crippen LogP contribution in [0.3, 0.4) is 0 Å². The molecule has 1 aromatic rings. The molecule has 1 heterocycles. The average Bonchev–Trinajstić information content (AvgIpc) is 3.05. The Morgan fingerprint density at radius 1 is 1.26 bits per heavy atom. The van der Waals surface area contributed by atoms with Crippen LogP contribution in [0.4, 0.5) is 13.2 Å². The molecule has 2 bridgehead atoms. The van der Waals surface area contributed by atoms with E-state index in [0.717, 1.165) is 18.9 Å². The fourth-order valence-electron chi connectivity index (χ4n) is 3.34. The Kier molecular flexibility index (Phi) is 5.61. The molecule has 27 heavy (non-hydrogen) atoms. The van der Waals surface area contributed by atoms with Gasteiger partial charge in [0, 0.05) is 17.9 Å². The monoisotopic (exact) mass is 385 g/mol. The number of rotatable bonds is 6. The second-order valence-electron chi connectivity index (χ2n) is 6.51. The molecule has 0 radical (unpaired) electrons. The number of carbonyl (C=O) groups is 2. The first-order valence-corrected chi connectivity index (χ1v) is 8.53. The van der Waals surface area contributed by atoms with Crippen LogP contribution in [0.1, 0.15) is 41.0 Å².